The molecule has 2 fully saturated rings. The van der Waals surface area contributed by atoms with Gasteiger partial charge in [-0.2, -0.15) is 0 Å². The summed E-state index contributed by atoms with van der Waals surface area (Å²) in [7, 11) is 5.55. The first-order chi connectivity index (χ1) is 26.4. The molecule has 4 atom stereocenters. The highest BCUT2D eigenvalue weighted by atomic mass is 35.5. The molecule has 2 aliphatic heterocycles. The quantitative estimate of drug-likeness (QED) is 0.0983. The predicted molar refractivity (Wildman–Crippen MR) is 228 cm³/mol. The number of nitrogens with zero attached hydrogens (tertiary/aromatic N) is 2. The second-order valence-corrected chi connectivity index (χ2v) is 16.8. The van der Waals surface area contributed by atoms with Crippen molar-refractivity contribution in [1.29, 1.82) is 0 Å². The van der Waals surface area contributed by atoms with Crippen LogP contribution in [-0.2, 0) is 10.3 Å². The number of piperidine rings is 2. The molecule has 0 spiro atoms. The normalized spacial score (nSPS) is 18.3. The van der Waals surface area contributed by atoms with Crippen molar-refractivity contribution >= 4 is 23.7 Å². The summed E-state index contributed by atoms with van der Waals surface area (Å²) in [5.41, 5.74) is 1.63. The van der Waals surface area contributed by atoms with Crippen LogP contribution in [0.3, 0.4) is 0 Å². The lowest BCUT2D eigenvalue weighted by atomic mass is 9.72. The van der Waals surface area contributed by atoms with Crippen molar-refractivity contribution in [3.63, 3.8) is 0 Å². The van der Waals surface area contributed by atoms with Crippen LogP contribution in [0.4, 0.5) is 9.59 Å². The molecule has 55 heavy (non-hydrogen) atoms. The number of nitrogens with one attached hydrogen (secondary N) is 4. The van der Waals surface area contributed by atoms with Gasteiger partial charge in [0.1, 0.15) is 0 Å². The minimum absolute atomic E-state index is 0.0447. The van der Waals surface area contributed by atoms with Crippen LogP contribution in [0.2, 0.25) is 5.02 Å². The smallest absolute Gasteiger partial charge is 0.317 e. The number of ether oxygens (including phenoxy) is 1. The fourth-order valence-corrected chi connectivity index (χ4v) is 8.41. The fraction of sp³-hybridized carbons (Fsp3) is 0.682. The van der Waals surface area contributed by atoms with Crippen molar-refractivity contribution in [2.75, 3.05) is 67.1 Å². The first kappa shape index (κ1) is 46.5. The summed E-state index contributed by atoms with van der Waals surface area (Å²) in [6.07, 6.45) is 9.49. The van der Waals surface area contributed by atoms with Crippen molar-refractivity contribution in [2.45, 2.75) is 110 Å². The molecular formula is C44H73ClN6O4. The topological polar surface area (TPSA) is 118 Å². The molecule has 2 aromatic carbocycles. The summed E-state index contributed by atoms with van der Waals surface area (Å²) in [5, 5.41) is 26.0. The van der Waals surface area contributed by atoms with Gasteiger partial charge in [-0.05, 0) is 107 Å². The number of hydrogen-bond acceptors (Lipinski definition) is 6. The van der Waals surface area contributed by atoms with Crippen LogP contribution in [0.1, 0.15) is 97.5 Å². The fourth-order valence-electron chi connectivity index (χ4n) is 8.17. The van der Waals surface area contributed by atoms with Crippen molar-refractivity contribution in [3.8, 4) is 11.1 Å². The zero-order valence-electron chi connectivity index (χ0n) is 35.0. The van der Waals surface area contributed by atoms with E-state index in [1.165, 1.54) is 6.42 Å². The number of halogens is 1. The van der Waals surface area contributed by atoms with Gasteiger partial charge < -0.3 is 40.9 Å². The van der Waals surface area contributed by atoms with Gasteiger partial charge >= 0.3 is 12.1 Å². The van der Waals surface area contributed by atoms with Gasteiger partial charge in [0.25, 0.3) is 0 Å². The van der Waals surface area contributed by atoms with E-state index in [-0.39, 0.29) is 30.1 Å². The molecule has 2 aliphatic rings. The lowest BCUT2D eigenvalue weighted by molar-refractivity contribution is -0.0559. The molecule has 0 unspecified atom stereocenters. The summed E-state index contributed by atoms with van der Waals surface area (Å²) in [6.45, 7) is 14.0. The monoisotopic (exact) mass is 785 g/mol. The Morgan fingerprint density at radius 3 is 1.91 bits per heavy atom. The highest BCUT2D eigenvalue weighted by Gasteiger charge is 2.42. The molecule has 0 aliphatic carbocycles. The van der Waals surface area contributed by atoms with Gasteiger partial charge in [0.2, 0.25) is 0 Å². The maximum atomic E-state index is 13.4. The first-order valence-corrected chi connectivity index (χ1v) is 21.3. The maximum absolute atomic E-state index is 13.4. The van der Waals surface area contributed by atoms with Gasteiger partial charge in [-0.15, -0.1) is 0 Å². The van der Waals surface area contributed by atoms with Crippen molar-refractivity contribution in [3.05, 3.63) is 59.1 Å². The van der Waals surface area contributed by atoms with Crippen LogP contribution >= 0.6 is 11.6 Å². The standard InChI is InChI=1S/C31H46ClN3O3.C13H27N3O/c1-23(2)20-25(21-33-3)34-30(36)35-18-11-12-24(22-35)31(37,17-9-10-19-38-4)28-15-7-5-13-26(28)27-14-6-8-16-29(27)32;1-11(2)9-12(10-14-3)15-13(17)16-7-5-4-6-8-16/h5-8,13-16,23-25,33,37H,9-12,17-22H2,1-4H3,(H,34,36);11-12,14H,4-10H2,1-3H3,(H,15,17)/t24-,25+,31-;12-/m10/s1. The van der Waals surface area contributed by atoms with Gasteiger partial charge in [0.15, 0.2) is 0 Å². The Labute approximate surface area is 337 Å². The second-order valence-electron chi connectivity index (χ2n) is 16.4. The largest absolute Gasteiger partial charge is 0.385 e. The third-order valence-electron chi connectivity index (χ3n) is 10.8. The molecule has 11 heteroatoms. The molecule has 0 radical (unpaired) electrons. The van der Waals surface area contributed by atoms with E-state index in [0.29, 0.717) is 43.0 Å². The van der Waals surface area contributed by atoms with E-state index in [1.54, 1.807) is 7.11 Å². The number of urea groups is 2. The number of hydrogen-bond donors (Lipinski definition) is 5. The minimum atomic E-state index is -1.11. The molecule has 2 aromatic rings. The van der Waals surface area contributed by atoms with Gasteiger partial charge in [0.05, 0.1) is 5.60 Å². The van der Waals surface area contributed by atoms with E-state index in [9.17, 15) is 14.7 Å². The number of aliphatic hydroxyl groups is 1. The zero-order chi connectivity index (χ0) is 40.2. The third-order valence-corrected chi connectivity index (χ3v) is 11.1. The summed E-state index contributed by atoms with van der Waals surface area (Å²) < 4.78 is 5.28. The molecular weight excluding hydrogens is 712 g/mol. The van der Waals surface area contributed by atoms with Crippen molar-refractivity contribution < 1.29 is 19.4 Å². The number of unbranched alkanes of at least 4 members (excludes halogenated alkanes) is 1. The Balaban J connectivity index is 0.000000399. The van der Waals surface area contributed by atoms with Gasteiger partial charge in [-0.1, -0.05) is 81.8 Å². The van der Waals surface area contributed by atoms with Gasteiger partial charge in [0, 0.05) is 81.6 Å². The lowest BCUT2D eigenvalue weighted by Crippen LogP contribution is -2.54. The lowest BCUT2D eigenvalue weighted by Gasteiger charge is -2.44. The van der Waals surface area contributed by atoms with E-state index in [4.69, 9.17) is 16.3 Å². The van der Waals surface area contributed by atoms with Gasteiger partial charge in [-0.25, -0.2) is 9.59 Å². The summed E-state index contributed by atoms with van der Waals surface area (Å²) in [4.78, 5) is 29.3. The molecule has 0 aromatic heterocycles. The highest BCUT2D eigenvalue weighted by Crippen LogP contribution is 2.44. The molecule has 4 rings (SSSR count). The number of amides is 4. The maximum Gasteiger partial charge on any atom is 0.317 e. The Bertz CT molecular complexity index is 1410. The number of likely N-dealkylation sites (tertiary alicyclic amines) is 2. The van der Waals surface area contributed by atoms with Crippen LogP contribution in [0.5, 0.6) is 0 Å². The number of carbonyl (C=O) groups excluding carboxylic acids is 2. The Morgan fingerprint density at radius 1 is 0.800 bits per heavy atom. The van der Waals surface area contributed by atoms with Crippen LogP contribution in [0.15, 0.2) is 48.5 Å². The summed E-state index contributed by atoms with van der Waals surface area (Å²) in [5.74, 6) is 0.997. The van der Waals surface area contributed by atoms with Crippen LogP contribution in [-0.4, -0.2) is 106 Å². The first-order valence-electron chi connectivity index (χ1n) is 20.9. The molecule has 2 heterocycles. The zero-order valence-corrected chi connectivity index (χ0v) is 35.7. The minimum Gasteiger partial charge on any atom is -0.385 e. The predicted octanol–water partition coefficient (Wildman–Crippen LogP) is 7.88. The molecule has 2 saturated heterocycles. The van der Waals surface area contributed by atoms with E-state index < -0.39 is 5.60 Å². The number of methoxy groups -OCH3 is 1. The van der Waals surface area contributed by atoms with Crippen LogP contribution in [0, 0.1) is 17.8 Å². The SMILES string of the molecule is CNC[C@H](CC(C)C)NC(=O)N1CCCCC1.CNC[C@H](CC(C)C)NC(=O)N1CCC[C@@H]([C@](O)(CCCCOC)c2ccccc2-c2ccccc2Cl)C1. The average molecular weight is 786 g/mol. The highest BCUT2D eigenvalue weighted by molar-refractivity contribution is 6.33. The summed E-state index contributed by atoms with van der Waals surface area (Å²) in [6, 6.07) is 16.2. The average Bonchev–Trinajstić information content (AvgIpc) is 3.17. The number of likely N-dealkylation sites (N-methyl/N-ethyl adjacent to an activating group) is 2. The molecule has 10 nitrogen and oxygen atoms in total. The Morgan fingerprint density at radius 2 is 1.35 bits per heavy atom. The van der Waals surface area contributed by atoms with Crippen molar-refractivity contribution in [2.24, 2.45) is 17.8 Å². The van der Waals surface area contributed by atoms with Crippen molar-refractivity contribution in [1.82, 2.24) is 31.1 Å². The Hall–Kier alpha value is -2.89. The molecule has 0 bridgehead atoms. The molecule has 4 amide bonds. The second kappa shape index (κ2) is 24.7. The molecule has 5 N–H and O–H groups in total. The van der Waals surface area contributed by atoms with E-state index in [0.717, 1.165) is 94.2 Å². The Kier molecular flexibility index (Phi) is 20.9. The van der Waals surface area contributed by atoms with Gasteiger partial charge in [-0.3, -0.25) is 0 Å². The van der Waals surface area contributed by atoms with E-state index in [1.807, 2.05) is 72.4 Å². The number of rotatable bonds is 18. The van der Waals surface area contributed by atoms with E-state index in [2.05, 4.69) is 49.0 Å². The molecule has 0 saturated carbocycles. The van der Waals surface area contributed by atoms with E-state index >= 15 is 0 Å². The molecule has 310 valence electrons. The van der Waals surface area contributed by atoms with Crippen LogP contribution < -0.4 is 21.3 Å². The number of benzene rings is 2. The number of carbonyl (C=O) groups is 2. The summed E-state index contributed by atoms with van der Waals surface area (Å²) >= 11 is 6.62. The third kappa shape index (κ3) is 15.2. The van der Waals surface area contributed by atoms with Crippen LogP contribution in [0.25, 0.3) is 11.1 Å².